The number of fused-ring (bicyclic) bond motifs is 3. The highest BCUT2D eigenvalue weighted by Gasteiger charge is 2.42. The summed E-state index contributed by atoms with van der Waals surface area (Å²) in [5.41, 5.74) is 11.5. The van der Waals surface area contributed by atoms with E-state index in [0.29, 0.717) is 97.9 Å². The first-order valence-electron chi connectivity index (χ1n) is 28.0. The summed E-state index contributed by atoms with van der Waals surface area (Å²) in [5.74, 6) is -0.864. The van der Waals surface area contributed by atoms with Crippen LogP contribution in [0.4, 0.5) is 10.5 Å². The van der Waals surface area contributed by atoms with Gasteiger partial charge in [-0.05, 0) is 60.3 Å². The van der Waals surface area contributed by atoms with Gasteiger partial charge in [0.2, 0.25) is 23.1 Å². The molecule has 25 nitrogen and oxygen atoms in total. The van der Waals surface area contributed by atoms with Crippen LogP contribution in [0.25, 0.3) is 43.9 Å². The number of unbranched alkanes of at least 4 members (excludes halogenated alkanes) is 1. The van der Waals surface area contributed by atoms with Crippen LogP contribution in [0.1, 0.15) is 59.2 Å². The number of carbonyl (C=O) groups is 6. The summed E-state index contributed by atoms with van der Waals surface area (Å²) >= 11 is 1.87. The molecule has 0 spiro atoms. The molecule has 6 amide bonds. The number of carboxylic acids is 1. The lowest BCUT2D eigenvalue weighted by Gasteiger charge is -2.23. The van der Waals surface area contributed by atoms with Gasteiger partial charge in [-0.1, -0.05) is 11.5 Å². The normalized spacial score (nSPS) is 15.3. The van der Waals surface area contributed by atoms with E-state index in [2.05, 4.69) is 36.6 Å². The number of nitrogens with zero attached hydrogens (tertiary/aromatic N) is 6. The highest BCUT2D eigenvalue weighted by Crippen LogP contribution is 2.42. The Morgan fingerprint density at radius 3 is 2.07 bits per heavy atom. The minimum atomic E-state index is -1.17. The molecule has 2 aromatic rings. The monoisotopic (exact) mass is 1170 g/mol. The second-order valence-corrected chi connectivity index (χ2v) is 21.3. The van der Waals surface area contributed by atoms with E-state index in [0.717, 1.165) is 36.1 Å². The molecule has 2 fully saturated rings. The number of carbonyl (C=O) groups excluding carboxylic acids is 5. The molecule has 0 bridgehead atoms. The Morgan fingerprint density at radius 1 is 0.747 bits per heavy atom. The van der Waals surface area contributed by atoms with Gasteiger partial charge in [-0.25, -0.2) is 14.2 Å². The van der Waals surface area contributed by atoms with Crippen LogP contribution in [0.5, 0.6) is 0 Å². The number of carboxylic acid groups (broad SMARTS) is 1. The van der Waals surface area contributed by atoms with Gasteiger partial charge in [-0.3, -0.25) is 19.2 Å². The topological polar surface area (TPSA) is 310 Å². The number of hydrogen-bond donors (Lipinski definition) is 6. The maximum Gasteiger partial charge on any atom is 0.336 e. The fraction of sp³-hybridized carbons (Fsp3) is 0.561. The number of urea groups is 1. The van der Waals surface area contributed by atoms with Crippen LogP contribution in [-0.4, -0.2) is 215 Å². The quantitative estimate of drug-likeness (QED) is 0.00706. The molecule has 6 N–H and O–H groups in total. The molecule has 0 aromatic heterocycles. The van der Waals surface area contributed by atoms with Crippen LogP contribution in [0.3, 0.4) is 0 Å². The molecule has 1 aliphatic carbocycles. The molecule has 0 saturated carbocycles. The smallest absolute Gasteiger partial charge is 0.336 e. The van der Waals surface area contributed by atoms with E-state index in [-0.39, 0.29) is 126 Å². The highest BCUT2D eigenvalue weighted by atomic mass is 32.2. The molecule has 26 heteroatoms. The van der Waals surface area contributed by atoms with E-state index < -0.39 is 11.9 Å². The summed E-state index contributed by atoms with van der Waals surface area (Å²) in [6.07, 6.45) is 3.03. The second kappa shape index (κ2) is 35.2. The third kappa shape index (κ3) is 21.3. The molecule has 452 valence electrons. The van der Waals surface area contributed by atoms with Gasteiger partial charge in [0.05, 0.1) is 103 Å². The third-order valence-corrected chi connectivity index (χ3v) is 15.2. The average molecular weight is 1180 g/mol. The number of amides is 6. The number of rotatable bonds is 39. The van der Waals surface area contributed by atoms with Crippen molar-refractivity contribution in [3.8, 4) is 22.5 Å². The van der Waals surface area contributed by atoms with Gasteiger partial charge < -0.3 is 74.3 Å². The van der Waals surface area contributed by atoms with E-state index in [1.807, 2.05) is 85.8 Å². The van der Waals surface area contributed by atoms with Gasteiger partial charge in [-0.2, -0.15) is 11.8 Å². The van der Waals surface area contributed by atoms with Crippen molar-refractivity contribution in [3.05, 3.63) is 81.5 Å². The van der Waals surface area contributed by atoms with E-state index >= 15 is 0 Å². The van der Waals surface area contributed by atoms with E-state index in [1.165, 1.54) is 17.0 Å². The molecule has 2 aromatic carbocycles. The third-order valence-electron chi connectivity index (χ3n) is 13.7. The second-order valence-electron chi connectivity index (χ2n) is 20.0. The number of thioether (sulfide) groups is 1. The molecular weight excluding hydrogens is 1090 g/mol. The zero-order valence-corrected chi connectivity index (χ0v) is 48.8. The zero-order chi connectivity index (χ0) is 59.3. The number of aromatic carboxylic acids is 1. The molecule has 3 atom stereocenters. The number of azide groups is 1. The lowest BCUT2D eigenvalue weighted by atomic mass is 9.89. The van der Waals surface area contributed by atoms with Gasteiger partial charge >= 0.3 is 12.0 Å². The summed E-state index contributed by atoms with van der Waals surface area (Å²) in [6, 6.07) is 16.1. The lowest BCUT2D eigenvalue weighted by Crippen LogP contribution is -2.39. The fourth-order valence-corrected chi connectivity index (χ4v) is 10.9. The van der Waals surface area contributed by atoms with Gasteiger partial charge in [0.15, 0.2) is 0 Å². The first-order chi connectivity index (χ1) is 40.2. The predicted octanol–water partition coefficient (Wildman–Crippen LogP) is 3.71. The molecule has 2 saturated heterocycles. The van der Waals surface area contributed by atoms with Gasteiger partial charge in [0.1, 0.15) is 25.4 Å². The van der Waals surface area contributed by atoms with E-state index in [4.69, 9.17) is 38.4 Å². The summed E-state index contributed by atoms with van der Waals surface area (Å²) in [4.78, 5) is 83.2. The summed E-state index contributed by atoms with van der Waals surface area (Å²) in [6.45, 7) is 4.59. The fourth-order valence-electron chi connectivity index (χ4n) is 9.32. The molecule has 4 aliphatic rings. The van der Waals surface area contributed by atoms with Crippen LogP contribution < -0.4 is 41.4 Å². The van der Waals surface area contributed by atoms with E-state index in [1.54, 1.807) is 6.07 Å². The summed E-state index contributed by atoms with van der Waals surface area (Å²) < 4.78 is 41.7. The molecule has 3 heterocycles. The van der Waals surface area contributed by atoms with Gasteiger partial charge in [-0.15, -0.1) is 0 Å². The number of anilines is 1. The first kappa shape index (κ1) is 65.1. The maximum absolute atomic E-state index is 13.8. The highest BCUT2D eigenvalue weighted by molar-refractivity contribution is 8.00. The van der Waals surface area contributed by atoms with Crippen molar-refractivity contribution in [1.82, 2.24) is 36.1 Å². The van der Waals surface area contributed by atoms with Crippen molar-refractivity contribution in [2.24, 2.45) is 5.11 Å². The summed E-state index contributed by atoms with van der Waals surface area (Å²) in [5, 5.41) is 30.2. The Morgan fingerprint density at radius 2 is 1.41 bits per heavy atom. The molecule has 0 radical (unpaired) electrons. The van der Waals surface area contributed by atoms with E-state index in [9.17, 15) is 33.9 Å². The largest absolute Gasteiger partial charge is 0.478 e. The van der Waals surface area contributed by atoms with Crippen LogP contribution in [0.15, 0.2) is 64.1 Å². The number of ether oxygens (including phenoxy) is 6. The minimum absolute atomic E-state index is 0.00301. The molecular formula is C57H80N11O14S+. The number of benzene rings is 3. The molecule has 0 unspecified atom stereocenters. The Hall–Kier alpha value is -7.03. The minimum Gasteiger partial charge on any atom is -0.478 e. The lowest BCUT2D eigenvalue weighted by molar-refractivity contribution is -0.132. The van der Waals surface area contributed by atoms with Crippen LogP contribution in [0, 0.1) is 0 Å². The maximum atomic E-state index is 13.8. The molecule has 3 aliphatic heterocycles. The Kier molecular flexibility index (Phi) is 27.6. The SMILES string of the molecule is CN(C)c1ccc2c(-c3cc(C(=O)NCCC(=O)N(CCOCCOCCOCCN=[N+]=[N-])CCC(=O)NCCOCCOCCOCCNC(=O)CCCC[C@H]4SC[C@@H]5NC(=O)N[C@@H]54)ccc3C(=O)O)c3ccc(=[N+](C)C)cc-3oc2c1. The van der Waals surface area contributed by atoms with Gasteiger partial charge in [0.25, 0.3) is 5.91 Å². The van der Waals surface area contributed by atoms with Gasteiger partial charge in [0, 0.05) is 128 Å². The Bertz CT molecular complexity index is 2880. The number of nitrogens with one attached hydrogen (secondary N) is 5. The van der Waals surface area contributed by atoms with Crippen molar-refractivity contribution in [3.63, 3.8) is 0 Å². The van der Waals surface area contributed by atoms with Crippen molar-refractivity contribution < 1.29 is 66.7 Å². The predicted molar refractivity (Wildman–Crippen MR) is 314 cm³/mol. The van der Waals surface area contributed by atoms with Crippen molar-refractivity contribution in [1.29, 1.82) is 0 Å². The Balaban J connectivity index is 0.912. The van der Waals surface area contributed by atoms with Crippen LogP contribution in [0.2, 0.25) is 0 Å². The van der Waals surface area contributed by atoms with Crippen molar-refractivity contribution in [2.75, 3.05) is 157 Å². The number of hydrogen-bond acceptors (Lipinski definition) is 16. The van der Waals surface area contributed by atoms with Crippen molar-refractivity contribution in [2.45, 2.75) is 55.9 Å². The summed E-state index contributed by atoms with van der Waals surface area (Å²) in [7, 11) is 7.65. The average Bonchev–Trinajstić information content (AvgIpc) is 3.70. The zero-order valence-electron chi connectivity index (χ0n) is 48.0. The first-order valence-corrected chi connectivity index (χ1v) is 29.1. The van der Waals surface area contributed by atoms with Crippen LogP contribution >= 0.6 is 11.8 Å². The standard InChI is InChI=1S/C57H79N11O14S/c1-66(2)40-10-13-43-47(36-40)82-48-37-41(67(3)4)11-14-44(48)53(43)45-35-39(9-12-42(45)56(73)74)55(72)61-17-15-52(71)68(22-26-79-30-34-81-33-29-78-25-20-62-65-58)21-16-51(70)60-19-24-77-28-32-80-31-27-76-23-18-59-50(69)8-6-5-7-49-54-46(38-83-49)63-57(75)64-54/h9-14,35-37,46,49,54H,5-8,15-34,38H2,1-4H3,(H5-,59,60,61,63,64,69,70,72,73,74,75)/p+1/t46-,49+,54-/m0/s1. The molecule has 6 rings (SSSR count). The Labute approximate surface area is 487 Å². The van der Waals surface area contributed by atoms with Crippen LogP contribution in [-0.2, 0) is 42.8 Å². The van der Waals surface area contributed by atoms with Crippen molar-refractivity contribution >= 4 is 64.0 Å². The molecule has 83 heavy (non-hydrogen) atoms.